The summed E-state index contributed by atoms with van der Waals surface area (Å²) in [4.78, 5) is 0. The van der Waals surface area contributed by atoms with Crippen molar-refractivity contribution in [1.82, 2.24) is 5.32 Å². The number of hydrogen-bond donors (Lipinski definition) is 3. The highest BCUT2D eigenvalue weighted by Gasteiger charge is 2.08. The van der Waals surface area contributed by atoms with E-state index < -0.39 is 6.10 Å². The van der Waals surface area contributed by atoms with Gasteiger partial charge in [-0.1, -0.05) is 35.0 Å². The Labute approximate surface area is 105 Å². The molecule has 0 aromatic heterocycles. The highest BCUT2D eigenvalue weighted by atomic mass is 79.9. The Hall–Kier alpha value is -0.420. The zero-order valence-electron chi connectivity index (χ0n) is 9.36. The van der Waals surface area contributed by atoms with Gasteiger partial charge in [0, 0.05) is 17.6 Å². The zero-order chi connectivity index (χ0) is 12.0. The van der Waals surface area contributed by atoms with Crippen LogP contribution in [0.2, 0.25) is 0 Å². The molecular formula is C12H18BrNO2. The van der Waals surface area contributed by atoms with Crippen molar-refractivity contribution in [1.29, 1.82) is 0 Å². The number of nitrogens with one attached hydrogen (secondary N) is 1. The lowest BCUT2D eigenvalue weighted by molar-refractivity contribution is 0.144. The van der Waals surface area contributed by atoms with Crippen LogP contribution in [0.4, 0.5) is 0 Å². The molecule has 2 unspecified atom stereocenters. The summed E-state index contributed by atoms with van der Waals surface area (Å²) in [5, 5.41) is 22.2. The summed E-state index contributed by atoms with van der Waals surface area (Å²) in [6.45, 7) is 2.89. The third kappa shape index (κ3) is 4.61. The Morgan fingerprint density at radius 2 is 2.06 bits per heavy atom. The van der Waals surface area contributed by atoms with E-state index in [1.165, 1.54) is 0 Å². The van der Waals surface area contributed by atoms with Gasteiger partial charge in [0.25, 0.3) is 0 Å². The summed E-state index contributed by atoms with van der Waals surface area (Å²) in [6, 6.07) is 7.59. The van der Waals surface area contributed by atoms with Gasteiger partial charge in [-0.15, -0.1) is 0 Å². The molecule has 90 valence electrons. The van der Waals surface area contributed by atoms with Crippen molar-refractivity contribution in [3.8, 4) is 0 Å². The summed E-state index contributed by atoms with van der Waals surface area (Å²) < 4.78 is 0.956. The first-order valence-corrected chi connectivity index (χ1v) is 6.25. The fraction of sp³-hybridized carbons (Fsp3) is 0.500. The van der Waals surface area contributed by atoms with Crippen LogP contribution in [0.3, 0.4) is 0 Å². The molecular weight excluding hydrogens is 270 g/mol. The van der Waals surface area contributed by atoms with Gasteiger partial charge in [-0.05, 0) is 24.1 Å². The molecule has 2 atom stereocenters. The molecule has 16 heavy (non-hydrogen) atoms. The maximum atomic E-state index is 9.87. The molecule has 4 heteroatoms. The van der Waals surface area contributed by atoms with Crippen molar-refractivity contribution in [3.05, 3.63) is 34.3 Å². The number of aliphatic hydroxyl groups excluding tert-OH is 2. The summed E-state index contributed by atoms with van der Waals surface area (Å²) in [7, 11) is 0. The molecule has 0 bridgehead atoms. The molecule has 0 fully saturated rings. The normalized spacial score (nSPS) is 14.8. The molecule has 0 amide bonds. The first-order chi connectivity index (χ1) is 7.63. The van der Waals surface area contributed by atoms with Crippen LogP contribution in [-0.4, -0.2) is 29.4 Å². The molecule has 1 aromatic rings. The van der Waals surface area contributed by atoms with Gasteiger partial charge in [-0.3, -0.25) is 0 Å². The molecule has 0 spiro atoms. The van der Waals surface area contributed by atoms with Gasteiger partial charge in [0.15, 0.2) is 0 Å². The lowest BCUT2D eigenvalue weighted by Crippen LogP contribution is -2.29. The minimum Gasteiger partial charge on any atom is -0.392 e. The summed E-state index contributed by atoms with van der Waals surface area (Å²) in [5.41, 5.74) is 0.868. The molecule has 0 aliphatic rings. The van der Waals surface area contributed by atoms with Crippen molar-refractivity contribution in [2.45, 2.75) is 25.6 Å². The molecule has 3 nitrogen and oxygen atoms in total. The first kappa shape index (κ1) is 13.6. The minimum atomic E-state index is -0.540. The van der Waals surface area contributed by atoms with E-state index in [0.29, 0.717) is 13.1 Å². The van der Waals surface area contributed by atoms with Crippen molar-refractivity contribution in [3.63, 3.8) is 0 Å². The molecule has 0 aliphatic carbocycles. The van der Waals surface area contributed by atoms with Crippen LogP contribution < -0.4 is 5.32 Å². The smallest absolute Gasteiger partial charge is 0.0914 e. The maximum Gasteiger partial charge on any atom is 0.0914 e. The van der Waals surface area contributed by atoms with Crippen LogP contribution >= 0.6 is 15.9 Å². The van der Waals surface area contributed by atoms with E-state index in [9.17, 15) is 10.2 Å². The van der Waals surface area contributed by atoms with Crippen LogP contribution in [0.1, 0.15) is 25.0 Å². The minimum absolute atomic E-state index is 0.338. The molecule has 0 aliphatic heterocycles. The van der Waals surface area contributed by atoms with Crippen LogP contribution in [-0.2, 0) is 0 Å². The molecule has 1 rings (SSSR count). The fourth-order valence-electron chi connectivity index (χ4n) is 1.36. The van der Waals surface area contributed by atoms with E-state index in [-0.39, 0.29) is 6.10 Å². The second kappa shape index (κ2) is 7.01. The number of aliphatic hydroxyl groups is 2. The molecule has 0 radical (unpaired) electrons. The van der Waals surface area contributed by atoms with Crippen molar-refractivity contribution in [2.24, 2.45) is 0 Å². The molecule has 0 saturated heterocycles. The quantitative estimate of drug-likeness (QED) is 0.748. The zero-order valence-corrected chi connectivity index (χ0v) is 10.9. The predicted molar refractivity (Wildman–Crippen MR) is 68.3 cm³/mol. The van der Waals surface area contributed by atoms with Gasteiger partial charge >= 0.3 is 0 Å². The van der Waals surface area contributed by atoms with Crippen molar-refractivity contribution < 1.29 is 10.2 Å². The topological polar surface area (TPSA) is 52.5 Å². The Balaban J connectivity index is 2.38. The van der Waals surface area contributed by atoms with Crippen LogP contribution in [0.5, 0.6) is 0 Å². The van der Waals surface area contributed by atoms with Crippen molar-refractivity contribution in [2.75, 3.05) is 13.1 Å². The average Bonchev–Trinajstić information content (AvgIpc) is 2.28. The van der Waals surface area contributed by atoms with E-state index >= 15 is 0 Å². The summed E-state index contributed by atoms with van der Waals surface area (Å²) in [5.74, 6) is 0. The number of halogens is 1. The van der Waals surface area contributed by atoms with E-state index in [0.717, 1.165) is 16.5 Å². The standard InChI is InChI=1S/C12H18BrNO2/c1-2-11(15)7-14-8-12(16)9-4-3-5-10(13)6-9/h3-6,11-12,14-16H,2,7-8H2,1H3. The Bertz CT molecular complexity index is 320. The van der Waals surface area contributed by atoms with Gasteiger partial charge in [0.05, 0.1) is 12.2 Å². The van der Waals surface area contributed by atoms with E-state index in [4.69, 9.17) is 0 Å². The molecule has 0 saturated carbocycles. The highest BCUT2D eigenvalue weighted by molar-refractivity contribution is 9.10. The van der Waals surface area contributed by atoms with Gasteiger partial charge in [-0.2, -0.15) is 0 Å². The Morgan fingerprint density at radius 1 is 1.31 bits per heavy atom. The number of hydrogen-bond acceptors (Lipinski definition) is 3. The second-order valence-electron chi connectivity index (χ2n) is 3.79. The first-order valence-electron chi connectivity index (χ1n) is 5.45. The van der Waals surface area contributed by atoms with E-state index in [1.807, 2.05) is 31.2 Å². The van der Waals surface area contributed by atoms with E-state index in [2.05, 4.69) is 21.2 Å². The summed E-state index contributed by atoms with van der Waals surface area (Å²) >= 11 is 3.36. The van der Waals surface area contributed by atoms with Crippen molar-refractivity contribution >= 4 is 15.9 Å². The highest BCUT2D eigenvalue weighted by Crippen LogP contribution is 2.17. The number of rotatable bonds is 6. The van der Waals surface area contributed by atoms with Gasteiger partial charge in [-0.25, -0.2) is 0 Å². The fourth-order valence-corrected chi connectivity index (χ4v) is 1.78. The Kier molecular flexibility index (Phi) is 5.98. The second-order valence-corrected chi connectivity index (χ2v) is 4.71. The van der Waals surface area contributed by atoms with Gasteiger partial charge in [0.1, 0.15) is 0 Å². The van der Waals surface area contributed by atoms with Gasteiger partial charge < -0.3 is 15.5 Å². The number of benzene rings is 1. The molecule has 1 aromatic carbocycles. The lowest BCUT2D eigenvalue weighted by Gasteiger charge is -2.14. The SMILES string of the molecule is CCC(O)CNCC(O)c1cccc(Br)c1. The van der Waals surface area contributed by atoms with Crippen LogP contribution in [0, 0.1) is 0 Å². The predicted octanol–water partition coefficient (Wildman–Crippen LogP) is 1.84. The summed E-state index contributed by atoms with van der Waals surface area (Å²) in [6.07, 6.45) is -0.156. The third-order valence-corrected chi connectivity index (χ3v) is 2.92. The maximum absolute atomic E-state index is 9.87. The van der Waals surface area contributed by atoms with Crippen LogP contribution in [0.25, 0.3) is 0 Å². The monoisotopic (exact) mass is 287 g/mol. The van der Waals surface area contributed by atoms with E-state index in [1.54, 1.807) is 0 Å². The van der Waals surface area contributed by atoms with Crippen LogP contribution in [0.15, 0.2) is 28.7 Å². The molecule has 3 N–H and O–H groups in total. The largest absolute Gasteiger partial charge is 0.392 e. The Morgan fingerprint density at radius 3 is 2.69 bits per heavy atom. The average molecular weight is 288 g/mol. The third-order valence-electron chi connectivity index (χ3n) is 2.42. The van der Waals surface area contributed by atoms with Gasteiger partial charge in [0.2, 0.25) is 0 Å². The lowest BCUT2D eigenvalue weighted by atomic mass is 10.1. The molecule has 0 heterocycles.